The van der Waals surface area contributed by atoms with Crippen LogP contribution in [0.25, 0.3) is 0 Å². The first-order valence-corrected chi connectivity index (χ1v) is 5.93. The smallest absolute Gasteiger partial charge is 0.0630 e. The van der Waals surface area contributed by atoms with E-state index in [-0.39, 0.29) is 0 Å². The highest BCUT2D eigenvalue weighted by Crippen LogP contribution is 2.20. The predicted molar refractivity (Wildman–Crippen MR) is 57.2 cm³/mol. The molecule has 1 atom stereocenters. The van der Waals surface area contributed by atoms with Crippen LogP contribution in [0.3, 0.4) is 0 Å². The van der Waals surface area contributed by atoms with Crippen LogP contribution in [0.5, 0.6) is 0 Å². The summed E-state index contributed by atoms with van der Waals surface area (Å²) in [6.45, 7) is 2.86. The first kappa shape index (κ1) is 11.3. The van der Waals surface area contributed by atoms with Crippen LogP contribution in [-0.4, -0.2) is 18.8 Å². The summed E-state index contributed by atoms with van der Waals surface area (Å²) in [4.78, 5) is 0. The molecule has 4 heteroatoms. The molecule has 78 valence electrons. The molecule has 1 fully saturated rings. The summed E-state index contributed by atoms with van der Waals surface area (Å²) in [6, 6.07) is 0.344. The molecule has 1 unspecified atom stereocenters. The Morgan fingerprint density at radius 1 is 1.46 bits per heavy atom. The number of rotatable bonds is 5. The molecular weight excluding hydrogens is 184 g/mol. The van der Waals surface area contributed by atoms with Gasteiger partial charge in [0.1, 0.15) is 0 Å². The lowest BCUT2D eigenvalue weighted by molar-refractivity contribution is 0.0213. The molecule has 0 aromatic rings. The Morgan fingerprint density at radius 2 is 2.15 bits per heavy atom. The highest BCUT2D eigenvalue weighted by molar-refractivity contribution is 7.95. The van der Waals surface area contributed by atoms with Gasteiger partial charge < -0.3 is 4.74 Å². The van der Waals surface area contributed by atoms with Crippen LogP contribution in [0.15, 0.2) is 0 Å². The van der Waals surface area contributed by atoms with E-state index >= 15 is 0 Å². The van der Waals surface area contributed by atoms with Gasteiger partial charge in [-0.1, -0.05) is 19.3 Å². The number of ether oxygens (including phenoxy) is 1. The number of hydrogen-bond acceptors (Lipinski definition) is 4. The lowest BCUT2D eigenvalue weighted by Crippen LogP contribution is -2.29. The van der Waals surface area contributed by atoms with Gasteiger partial charge in [0.05, 0.1) is 12.7 Å². The second-order valence-corrected chi connectivity index (χ2v) is 4.20. The topological polar surface area (TPSA) is 47.3 Å². The van der Waals surface area contributed by atoms with E-state index < -0.39 is 0 Å². The normalized spacial score (nSPS) is 21.7. The van der Waals surface area contributed by atoms with Crippen molar-refractivity contribution >= 4 is 12.1 Å². The number of hydrogen-bond donors (Lipinski definition) is 2. The summed E-state index contributed by atoms with van der Waals surface area (Å²) in [5.41, 5.74) is 0. The van der Waals surface area contributed by atoms with E-state index in [0.717, 1.165) is 6.61 Å². The van der Waals surface area contributed by atoms with Crippen molar-refractivity contribution in [2.24, 2.45) is 5.14 Å². The molecule has 0 radical (unpaired) electrons. The predicted octanol–water partition coefficient (Wildman–Crippen LogP) is 1.84. The summed E-state index contributed by atoms with van der Waals surface area (Å²) in [5, 5.41) is 5.29. The first-order valence-electron chi connectivity index (χ1n) is 5.05. The van der Waals surface area contributed by atoms with Crippen molar-refractivity contribution in [1.82, 2.24) is 4.72 Å². The van der Waals surface area contributed by atoms with Gasteiger partial charge >= 0.3 is 0 Å². The molecule has 1 aliphatic rings. The summed E-state index contributed by atoms with van der Waals surface area (Å²) in [6.07, 6.45) is 7.02. The van der Waals surface area contributed by atoms with Crippen LogP contribution in [0.2, 0.25) is 0 Å². The number of nitrogens with one attached hydrogen (secondary N) is 1. The van der Waals surface area contributed by atoms with Crippen LogP contribution >= 0.6 is 12.1 Å². The minimum Gasteiger partial charge on any atom is -0.377 e. The summed E-state index contributed by atoms with van der Waals surface area (Å²) in [5.74, 6) is 0. The highest BCUT2D eigenvalue weighted by atomic mass is 32.2. The quantitative estimate of drug-likeness (QED) is 0.671. The molecule has 0 aliphatic heterocycles. The third-order valence-corrected chi connectivity index (χ3v) is 2.94. The van der Waals surface area contributed by atoms with Crippen LogP contribution in [-0.2, 0) is 4.74 Å². The van der Waals surface area contributed by atoms with Crippen molar-refractivity contribution in [3.05, 3.63) is 0 Å². The van der Waals surface area contributed by atoms with Crippen molar-refractivity contribution in [2.75, 3.05) is 6.61 Å². The maximum absolute atomic E-state index is 5.77. The molecule has 0 heterocycles. The highest BCUT2D eigenvalue weighted by Gasteiger charge is 2.14. The van der Waals surface area contributed by atoms with Crippen LogP contribution in [0, 0.1) is 0 Å². The van der Waals surface area contributed by atoms with Gasteiger partial charge in [-0.05, 0) is 19.8 Å². The average molecular weight is 204 g/mol. The fourth-order valence-electron chi connectivity index (χ4n) is 1.66. The Hall–Kier alpha value is 0.230. The van der Waals surface area contributed by atoms with E-state index in [1.807, 2.05) is 0 Å². The SMILES string of the molecule is CC(COC1CCCCC1)NSN. The summed E-state index contributed by atoms with van der Waals surface area (Å²) < 4.78 is 8.82. The van der Waals surface area contributed by atoms with Crippen molar-refractivity contribution < 1.29 is 4.74 Å². The fourth-order valence-corrected chi connectivity index (χ4v) is 1.96. The average Bonchev–Trinajstić information content (AvgIpc) is 2.17. The second-order valence-electron chi connectivity index (χ2n) is 3.73. The third kappa shape index (κ3) is 4.86. The standard InChI is InChI=1S/C9H20N2OS/c1-8(11-13-10)7-12-9-5-3-2-4-6-9/h8-9,11H,2-7,10H2,1H3. The molecule has 0 bridgehead atoms. The maximum atomic E-state index is 5.77. The van der Waals surface area contributed by atoms with Gasteiger partial charge in [0.15, 0.2) is 0 Å². The second kappa shape index (κ2) is 6.65. The monoisotopic (exact) mass is 204 g/mol. The molecule has 1 rings (SSSR count). The molecule has 0 spiro atoms. The van der Waals surface area contributed by atoms with Crippen LogP contribution < -0.4 is 9.86 Å². The zero-order valence-electron chi connectivity index (χ0n) is 8.29. The molecule has 0 amide bonds. The molecule has 0 saturated heterocycles. The van der Waals surface area contributed by atoms with E-state index in [9.17, 15) is 0 Å². The number of nitrogens with two attached hydrogens (primary N) is 1. The van der Waals surface area contributed by atoms with E-state index in [1.54, 1.807) is 0 Å². The zero-order valence-corrected chi connectivity index (χ0v) is 9.11. The first-order chi connectivity index (χ1) is 6.33. The maximum Gasteiger partial charge on any atom is 0.0630 e. The Labute approximate surface area is 85.1 Å². The largest absolute Gasteiger partial charge is 0.377 e. The Balaban J connectivity index is 2.03. The van der Waals surface area contributed by atoms with Crippen molar-refractivity contribution in [2.45, 2.75) is 51.2 Å². The molecule has 1 saturated carbocycles. The minimum atomic E-state index is 0.344. The van der Waals surface area contributed by atoms with Crippen molar-refractivity contribution in [3.8, 4) is 0 Å². The van der Waals surface area contributed by atoms with E-state index in [1.165, 1.54) is 44.2 Å². The zero-order chi connectivity index (χ0) is 9.52. The van der Waals surface area contributed by atoms with E-state index in [4.69, 9.17) is 9.88 Å². The van der Waals surface area contributed by atoms with E-state index in [2.05, 4.69) is 11.6 Å². The van der Waals surface area contributed by atoms with Gasteiger partial charge in [-0.2, -0.15) is 0 Å². The summed E-state index contributed by atoms with van der Waals surface area (Å²) in [7, 11) is 0. The Morgan fingerprint density at radius 3 is 2.77 bits per heavy atom. The molecule has 0 aromatic heterocycles. The van der Waals surface area contributed by atoms with E-state index in [0.29, 0.717) is 12.1 Å². The van der Waals surface area contributed by atoms with Crippen LogP contribution in [0.1, 0.15) is 39.0 Å². The van der Waals surface area contributed by atoms with Gasteiger partial charge in [-0.3, -0.25) is 5.14 Å². The molecule has 1 aliphatic carbocycles. The van der Waals surface area contributed by atoms with Crippen molar-refractivity contribution in [1.29, 1.82) is 0 Å². The van der Waals surface area contributed by atoms with Gasteiger partial charge in [0.25, 0.3) is 0 Å². The lowest BCUT2D eigenvalue weighted by atomic mass is 9.98. The Bertz CT molecular complexity index is 129. The summed E-state index contributed by atoms with van der Waals surface area (Å²) >= 11 is 1.17. The van der Waals surface area contributed by atoms with Gasteiger partial charge in [0.2, 0.25) is 0 Å². The Kier molecular flexibility index (Phi) is 5.78. The third-order valence-electron chi connectivity index (χ3n) is 2.40. The van der Waals surface area contributed by atoms with Gasteiger partial charge in [-0.15, -0.1) is 0 Å². The lowest BCUT2D eigenvalue weighted by Gasteiger charge is -2.23. The minimum absolute atomic E-state index is 0.344. The fraction of sp³-hybridized carbons (Fsp3) is 1.00. The van der Waals surface area contributed by atoms with Gasteiger partial charge in [0, 0.05) is 18.2 Å². The molecule has 0 aromatic carbocycles. The molecular formula is C9H20N2OS. The molecule has 3 nitrogen and oxygen atoms in total. The molecule has 3 N–H and O–H groups in total. The van der Waals surface area contributed by atoms with Crippen molar-refractivity contribution in [3.63, 3.8) is 0 Å². The molecule has 13 heavy (non-hydrogen) atoms. The van der Waals surface area contributed by atoms with Crippen LogP contribution in [0.4, 0.5) is 0 Å². The van der Waals surface area contributed by atoms with Gasteiger partial charge in [-0.25, -0.2) is 4.72 Å².